The molecule has 118 valence electrons. The Hall–Kier alpha value is -0.810. The van der Waals surface area contributed by atoms with Crippen LogP contribution < -0.4 is 5.32 Å². The Kier molecular flexibility index (Phi) is 6.27. The standard InChI is InChI=1S/C15H30N2O3/c1-6-8-17(13(18)20-14(2,3)4)9-7-16-10-15(5)11-19-12-15/h16H,6-12H2,1-5H3. The molecule has 1 heterocycles. The minimum atomic E-state index is -0.437. The van der Waals surface area contributed by atoms with Gasteiger partial charge < -0.3 is 19.7 Å². The number of nitrogens with one attached hydrogen (secondary N) is 1. The number of amides is 1. The van der Waals surface area contributed by atoms with Gasteiger partial charge in [0, 0.05) is 31.6 Å². The lowest BCUT2D eigenvalue weighted by atomic mass is 9.89. The lowest BCUT2D eigenvalue weighted by Gasteiger charge is -2.38. The van der Waals surface area contributed by atoms with Gasteiger partial charge in [0.25, 0.3) is 0 Å². The van der Waals surface area contributed by atoms with Gasteiger partial charge in [-0.2, -0.15) is 0 Å². The van der Waals surface area contributed by atoms with Crippen molar-refractivity contribution in [1.29, 1.82) is 0 Å². The molecule has 5 nitrogen and oxygen atoms in total. The summed E-state index contributed by atoms with van der Waals surface area (Å²) in [5.41, 5.74) is -0.172. The molecule has 0 saturated carbocycles. The van der Waals surface area contributed by atoms with Crippen LogP contribution in [-0.2, 0) is 9.47 Å². The van der Waals surface area contributed by atoms with Crippen LogP contribution in [-0.4, -0.2) is 56.0 Å². The first-order chi connectivity index (χ1) is 9.26. The quantitative estimate of drug-likeness (QED) is 0.729. The van der Waals surface area contributed by atoms with Gasteiger partial charge in [0.15, 0.2) is 0 Å². The summed E-state index contributed by atoms with van der Waals surface area (Å²) in [7, 11) is 0. The van der Waals surface area contributed by atoms with E-state index in [1.807, 2.05) is 20.8 Å². The minimum Gasteiger partial charge on any atom is -0.444 e. The fraction of sp³-hybridized carbons (Fsp3) is 0.933. The molecule has 1 aliphatic rings. The predicted octanol–water partition coefficient (Wildman–Crippen LogP) is 2.26. The second-order valence-corrected chi connectivity index (χ2v) is 6.95. The molecule has 0 unspecified atom stereocenters. The average Bonchev–Trinajstić information content (AvgIpc) is 2.28. The molecule has 0 aromatic rings. The van der Waals surface area contributed by atoms with Crippen molar-refractivity contribution in [2.75, 3.05) is 39.4 Å². The molecule has 0 aromatic heterocycles. The van der Waals surface area contributed by atoms with Gasteiger partial charge in [-0.15, -0.1) is 0 Å². The smallest absolute Gasteiger partial charge is 0.410 e. The van der Waals surface area contributed by atoms with Gasteiger partial charge in [-0.05, 0) is 27.2 Å². The molecule has 0 spiro atoms. The number of ether oxygens (including phenoxy) is 2. The van der Waals surface area contributed by atoms with Crippen molar-refractivity contribution < 1.29 is 14.3 Å². The SMILES string of the molecule is CCCN(CCNCC1(C)COC1)C(=O)OC(C)(C)C. The summed E-state index contributed by atoms with van der Waals surface area (Å²) in [5.74, 6) is 0. The monoisotopic (exact) mass is 286 g/mol. The molecular weight excluding hydrogens is 256 g/mol. The Morgan fingerprint density at radius 3 is 2.45 bits per heavy atom. The molecule has 1 rings (SSSR count). The highest BCUT2D eigenvalue weighted by Gasteiger charge is 2.32. The largest absolute Gasteiger partial charge is 0.444 e. The number of hydrogen-bond donors (Lipinski definition) is 1. The Morgan fingerprint density at radius 1 is 1.35 bits per heavy atom. The van der Waals surface area contributed by atoms with Crippen LogP contribution in [0.1, 0.15) is 41.0 Å². The van der Waals surface area contributed by atoms with Crippen molar-refractivity contribution in [1.82, 2.24) is 10.2 Å². The van der Waals surface area contributed by atoms with Gasteiger partial charge in [0.1, 0.15) is 5.60 Å². The van der Waals surface area contributed by atoms with Crippen molar-refractivity contribution in [3.63, 3.8) is 0 Å². The van der Waals surface area contributed by atoms with Gasteiger partial charge >= 0.3 is 6.09 Å². The Labute approximate surface area is 123 Å². The van der Waals surface area contributed by atoms with Crippen molar-refractivity contribution in [2.24, 2.45) is 5.41 Å². The number of carbonyl (C=O) groups is 1. The highest BCUT2D eigenvalue weighted by molar-refractivity contribution is 5.68. The molecule has 1 saturated heterocycles. The van der Waals surface area contributed by atoms with Crippen LogP contribution in [0.2, 0.25) is 0 Å². The maximum absolute atomic E-state index is 12.1. The van der Waals surface area contributed by atoms with Gasteiger partial charge in [-0.3, -0.25) is 0 Å². The highest BCUT2D eigenvalue weighted by Crippen LogP contribution is 2.24. The summed E-state index contributed by atoms with van der Waals surface area (Å²) in [4.78, 5) is 13.8. The first-order valence-corrected chi connectivity index (χ1v) is 7.52. The first-order valence-electron chi connectivity index (χ1n) is 7.52. The molecule has 1 N–H and O–H groups in total. The molecule has 20 heavy (non-hydrogen) atoms. The van der Waals surface area contributed by atoms with Crippen LogP contribution in [0, 0.1) is 5.41 Å². The number of nitrogens with zero attached hydrogens (tertiary/aromatic N) is 1. The maximum Gasteiger partial charge on any atom is 0.410 e. The molecule has 1 amide bonds. The van der Waals surface area contributed by atoms with E-state index < -0.39 is 5.60 Å². The van der Waals surface area contributed by atoms with E-state index >= 15 is 0 Å². The third kappa shape index (κ3) is 6.09. The lowest BCUT2D eigenvalue weighted by Crippen LogP contribution is -2.49. The summed E-state index contributed by atoms with van der Waals surface area (Å²) in [6, 6.07) is 0. The fourth-order valence-corrected chi connectivity index (χ4v) is 2.05. The zero-order valence-electron chi connectivity index (χ0n) is 13.6. The van der Waals surface area contributed by atoms with Crippen molar-refractivity contribution in [3.05, 3.63) is 0 Å². The number of rotatable bonds is 7. The number of hydrogen-bond acceptors (Lipinski definition) is 4. The van der Waals surface area contributed by atoms with E-state index in [-0.39, 0.29) is 11.5 Å². The minimum absolute atomic E-state index is 0.223. The molecular formula is C15H30N2O3. The third-order valence-corrected chi connectivity index (χ3v) is 3.16. The summed E-state index contributed by atoms with van der Waals surface area (Å²) in [6.07, 6.45) is 0.712. The van der Waals surface area contributed by atoms with Crippen molar-refractivity contribution in [2.45, 2.75) is 46.6 Å². The second-order valence-electron chi connectivity index (χ2n) is 6.95. The normalized spacial score (nSPS) is 17.4. The van der Waals surface area contributed by atoms with E-state index in [4.69, 9.17) is 9.47 Å². The van der Waals surface area contributed by atoms with E-state index in [1.165, 1.54) is 0 Å². The van der Waals surface area contributed by atoms with E-state index in [1.54, 1.807) is 4.90 Å². The van der Waals surface area contributed by atoms with Crippen LogP contribution in [0.25, 0.3) is 0 Å². The molecule has 1 fully saturated rings. The summed E-state index contributed by atoms with van der Waals surface area (Å²) >= 11 is 0. The first kappa shape index (κ1) is 17.2. The van der Waals surface area contributed by atoms with Crippen LogP contribution in [0.5, 0.6) is 0 Å². The van der Waals surface area contributed by atoms with Gasteiger partial charge in [0.05, 0.1) is 13.2 Å². The highest BCUT2D eigenvalue weighted by atomic mass is 16.6. The molecule has 0 atom stereocenters. The Bertz CT molecular complexity index is 309. The molecule has 0 aromatic carbocycles. The molecule has 0 bridgehead atoms. The maximum atomic E-state index is 12.1. The fourth-order valence-electron chi connectivity index (χ4n) is 2.05. The number of carbonyl (C=O) groups excluding carboxylic acids is 1. The zero-order chi connectivity index (χ0) is 15.2. The second kappa shape index (κ2) is 7.27. The van der Waals surface area contributed by atoms with E-state index in [0.717, 1.165) is 39.3 Å². The van der Waals surface area contributed by atoms with E-state index in [0.29, 0.717) is 6.54 Å². The summed E-state index contributed by atoms with van der Waals surface area (Å²) in [6.45, 7) is 14.7. The van der Waals surface area contributed by atoms with E-state index in [9.17, 15) is 4.79 Å². The third-order valence-electron chi connectivity index (χ3n) is 3.16. The zero-order valence-corrected chi connectivity index (χ0v) is 13.6. The van der Waals surface area contributed by atoms with Gasteiger partial charge in [-0.1, -0.05) is 13.8 Å². The van der Waals surface area contributed by atoms with Crippen molar-refractivity contribution >= 4 is 6.09 Å². The summed E-state index contributed by atoms with van der Waals surface area (Å²) in [5, 5.41) is 3.40. The van der Waals surface area contributed by atoms with E-state index in [2.05, 4.69) is 19.2 Å². The van der Waals surface area contributed by atoms with Crippen LogP contribution in [0.4, 0.5) is 4.79 Å². The summed E-state index contributed by atoms with van der Waals surface area (Å²) < 4.78 is 10.6. The van der Waals surface area contributed by atoms with Gasteiger partial charge in [0.2, 0.25) is 0 Å². The molecule has 1 aliphatic heterocycles. The van der Waals surface area contributed by atoms with Crippen LogP contribution in [0.3, 0.4) is 0 Å². The molecule has 0 radical (unpaired) electrons. The van der Waals surface area contributed by atoms with Gasteiger partial charge in [-0.25, -0.2) is 4.79 Å². The lowest BCUT2D eigenvalue weighted by molar-refractivity contribution is -0.0990. The average molecular weight is 286 g/mol. The Morgan fingerprint density at radius 2 is 2.00 bits per heavy atom. The molecule has 0 aliphatic carbocycles. The predicted molar refractivity (Wildman–Crippen MR) is 79.9 cm³/mol. The Balaban J connectivity index is 2.29. The van der Waals surface area contributed by atoms with Crippen LogP contribution >= 0.6 is 0 Å². The van der Waals surface area contributed by atoms with Crippen LogP contribution in [0.15, 0.2) is 0 Å². The topological polar surface area (TPSA) is 50.8 Å². The molecule has 5 heteroatoms. The van der Waals surface area contributed by atoms with Crippen molar-refractivity contribution in [3.8, 4) is 0 Å².